The molecule has 2 heterocycles. The van der Waals surface area contributed by atoms with Crippen molar-refractivity contribution < 1.29 is 23.9 Å². The van der Waals surface area contributed by atoms with Gasteiger partial charge >= 0.3 is 0 Å². The Bertz CT molecular complexity index is 1790. The van der Waals surface area contributed by atoms with Gasteiger partial charge in [-0.3, -0.25) is 14.4 Å². The summed E-state index contributed by atoms with van der Waals surface area (Å²) >= 11 is 6.38. The smallest absolute Gasteiger partial charge is 0.186 e. The maximum Gasteiger partial charge on any atom is 0.186 e. The van der Waals surface area contributed by atoms with E-state index in [4.69, 9.17) is 21.1 Å². The summed E-state index contributed by atoms with van der Waals surface area (Å²) in [4.78, 5) is 46.2. The fourth-order valence-corrected chi connectivity index (χ4v) is 7.28. The van der Waals surface area contributed by atoms with Gasteiger partial charge in [-0.1, -0.05) is 72.3 Å². The van der Waals surface area contributed by atoms with E-state index in [-0.39, 0.29) is 17.3 Å². The number of methoxy groups -OCH3 is 2. The molecule has 7 rings (SSSR count). The van der Waals surface area contributed by atoms with E-state index in [0.717, 1.165) is 11.3 Å². The van der Waals surface area contributed by atoms with Gasteiger partial charge in [0.15, 0.2) is 17.3 Å². The minimum Gasteiger partial charge on any atom is -0.497 e. The molecule has 4 aromatic rings. The molecule has 3 aliphatic rings. The first-order chi connectivity index (χ1) is 20.4. The van der Waals surface area contributed by atoms with E-state index in [1.807, 2.05) is 53.5 Å². The predicted octanol–water partition coefficient (Wildman–Crippen LogP) is 6.67. The lowest BCUT2D eigenvalue weighted by atomic mass is 9.64. The molecular weight excluding hydrogens is 550 g/mol. The molecule has 1 aliphatic carbocycles. The summed E-state index contributed by atoms with van der Waals surface area (Å²) in [5.41, 5.74) is 1.78. The van der Waals surface area contributed by atoms with Crippen molar-refractivity contribution in [1.29, 1.82) is 0 Å². The molecular formula is C35H26ClNO5. The molecule has 1 fully saturated rings. The largest absolute Gasteiger partial charge is 0.497 e. The van der Waals surface area contributed by atoms with Crippen LogP contribution in [0.2, 0.25) is 5.02 Å². The van der Waals surface area contributed by atoms with Crippen LogP contribution >= 0.6 is 11.6 Å². The SMILES string of the molecule is COc1cccc(C(=O)[C@@H]2[C@@H](c3cccc(OC)c3)C3(C(=O)c4ccccc4C3=O)C3C=Cc4cc(Cl)ccc4N32)c1. The number of carbonyl (C=O) groups is 3. The van der Waals surface area contributed by atoms with Crippen LogP contribution in [-0.2, 0) is 0 Å². The number of halogens is 1. The van der Waals surface area contributed by atoms with Gasteiger partial charge in [0.2, 0.25) is 0 Å². The third kappa shape index (κ3) is 3.55. The number of hydrogen-bond donors (Lipinski definition) is 0. The molecule has 0 amide bonds. The summed E-state index contributed by atoms with van der Waals surface area (Å²) in [5, 5.41) is 0.547. The van der Waals surface area contributed by atoms with Gasteiger partial charge in [0, 0.05) is 33.3 Å². The molecule has 1 saturated heterocycles. The lowest BCUT2D eigenvalue weighted by Crippen LogP contribution is -2.48. The number of fused-ring (bicyclic) bond motifs is 5. The zero-order valence-electron chi connectivity index (χ0n) is 22.9. The lowest BCUT2D eigenvalue weighted by Gasteiger charge is -2.37. The molecule has 6 nitrogen and oxygen atoms in total. The normalized spacial score (nSPS) is 21.2. The van der Waals surface area contributed by atoms with Gasteiger partial charge in [0.05, 0.1) is 20.3 Å². The van der Waals surface area contributed by atoms with E-state index < -0.39 is 23.4 Å². The number of benzene rings is 4. The van der Waals surface area contributed by atoms with E-state index in [2.05, 4.69) is 0 Å². The minimum absolute atomic E-state index is 0.226. The van der Waals surface area contributed by atoms with E-state index in [1.54, 1.807) is 68.8 Å². The van der Waals surface area contributed by atoms with Gasteiger partial charge in [-0.2, -0.15) is 0 Å². The van der Waals surface area contributed by atoms with Crippen LogP contribution in [0.25, 0.3) is 6.08 Å². The van der Waals surface area contributed by atoms with Crippen molar-refractivity contribution in [1.82, 2.24) is 0 Å². The second-order valence-corrected chi connectivity index (χ2v) is 11.2. The molecule has 0 saturated carbocycles. The van der Waals surface area contributed by atoms with Crippen molar-refractivity contribution in [3.63, 3.8) is 0 Å². The van der Waals surface area contributed by atoms with Crippen LogP contribution in [-0.4, -0.2) is 43.7 Å². The highest BCUT2D eigenvalue weighted by atomic mass is 35.5. The quantitative estimate of drug-likeness (QED) is 0.195. The molecule has 4 aromatic carbocycles. The standard InChI is InChI=1S/C35H26ClNO5/c1-41-24-9-5-7-21(18-24)30-31(32(38)22-8-6-10-25(19-22)42-2)37-28-15-14-23(36)17-20(28)13-16-29(37)35(30)33(39)26-11-3-4-12-27(26)34(35)40/h3-19,29-31H,1-2H3/t29?,30-,31+/m1/s1. The van der Waals surface area contributed by atoms with Gasteiger partial charge in [-0.05, 0) is 53.6 Å². The molecule has 7 heteroatoms. The zero-order valence-corrected chi connectivity index (χ0v) is 23.7. The van der Waals surface area contributed by atoms with Crippen molar-refractivity contribution in [2.45, 2.75) is 18.0 Å². The summed E-state index contributed by atoms with van der Waals surface area (Å²) in [6, 6.07) is 25.1. The topological polar surface area (TPSA) is 72.9 Å². The summed E-state index contributed by atoms with van der Waals surface area (Å²) in [5.74, 6) is -0.526. The van der Waals surface area contributed by atoms with E-state index in [9.17, 15) is 14.4 Å². The maximum atomic E-state index is 14.8. The van der Waals surface area contributed by atoms with Crippen LogP contribution in [0, 0.1) is 5.41 Å². The number of nitrogens with zero attached hydrogens (tertiary/aromatic N) is 1. The van der Waals surface area contributed by atoms with Crippen LogP contribution in [0.15, 0.2) is 97.1 Å². The average Bonchev–Trinajstić information content (AvgIpc) is 3.46. The maximum absolute atomic E-state index is 14.8. The highest BCUT2D eigenvalue weighted by molar-refractivity contribution is 6.32. The Kier molecular flexibility index (Phi) is 6.06. The number of ketones is 3. The highest BCUT2D eigenvalue weighted by Crippen LogP contribution is 2.61. The zero-order chi connectivity index (χ0) is 29.2. The molecule has 0 radical (unpaired) electrons. The number of carbonyl (C=O) groups excluding carboxylic acids is 3. The summed E-state index contributed by atoms with van der Waals surface area (Å²) in [7, 11) is 3.11. The summed E-state index contributed by atoms with van der Waals surface area (Å²) in [6.07, 6.45) is 3.78. The molecule has 0 bridgehead atoms. The van der Waals surface area contributed by atoms with Crippen molar-refractivity contribution >= 4 is 40.7 Å². The molecule has 0 aromatic heterocycles. The summed E-state index contributed by atoms with van der Waals surface area (Å²) in [6.45, 7) is 0. The Balaban J connectivity index is 1.55. The third-order valence-corrected chi connectivity index (χ3v) is 9.08. The van der Waals surface area contributed by atoms with E-state index >= 15 is 0 Å². The number of rotatable bonds is 5. The molecule has 208 valence electrons. The molecule has 3 atom stereocenters. The summed E-state index contributed by atoms with van der Waals surface area (Å²) < 4.78 is 11.0. The Morgan fingerprint density at radius 2 is 1.48 bits per heavy atom. The van der Waals surface area contributed by atoms with Crippen LogP contribution < -0.4 is 14.4 Å². The number of Topliss-reactive ketones (excluding diaryl/α,β-unsaturated/α-hetero) is 3. The highest BCUT2D eigenvalue weighted by Gasteiger charge is 2.71. The number of ether oxygens (including phenoxy) is 2. The van der Waals surface area contributed by atoms with Crippen LogP contribution in [0.3, 0.4) is 0 Å². The first kappa shape index (κ1) is 26.2. The van der Waals surface area contributed by atoms with Crippen LogP contribution in [0.4, 0.5) is 5.69 Å². The predicted molar refractivity (Wildman–Crippen MR) is 161 cm³/mol. The van der Waals surface area contributed by atoms with Crippen molar-refractivity contribution in [3.05, 3.63) is 130 Å². The van der Waals surface area contributed by atoms with Crippen molar-refractivity contribution in [2.24, 2.45) is 5.41 Å². The minimum atomic E-state index is -1.59. The third-order valence-electron chi connectivity index (χ3n) is 8.84. The molecule has 0 N–H and O–H groups in total. The Morgan fingerprint density at radius 3 is 2.17 bits per heavy atom. The molecule has 1 spiro atoms. The lowest BCUT2D eigenvalue weighted by molar-refractivity contribution is 0.0665. The van der Waals surface area contributed by atoms with Crippen LogP contribution in [0.5, 0.6) is 11.5 Å². The first-order valence-corrected chi connectivity index (χ1v) is 14.0. The van der Waals surface area contributed by atoms with E-state index in [0.29, 0.717) is 38.8 Å². The molecule has 1 unspecified atom stereocenters. The number of anilines is 1. The van der Waals surface area contributed by atoms with Gasteiger partial charge in [-0.25, -0.2) is 0 Å². The van der Waals surface area contributed by atoms with Gasteiger partial charge in [0.25, 0.3) is 0 Å². The number of hydrogen-bond acceptors (Lipinski definition) is 6. The Labute approximate surface area is 248 Å². The first-order valence-electron chi connectivity index (χ1n) is 13.7. The monoisotopic (exact) mass is 575 g/mol. The fraction of sp³-hybridized carbons (Fsp3) is 0.171. The second kappa shape index (κ2) is 9.71. The Hall–Kier alpha value is -4.68. The van der Waals surface area contributed by atoms with Crippen LogP contribution in [0.1, 0.15) is 48.1 Å². The second-order valence-electron chi connectivity index (χ2n) is 10.8. The Morgan fingerprint density at radius 1 is 0.810 bits per heavy atom. The van der Waals surface area contributed by atoms with E-state index in [1.165, 1.54) is 0 Å². The van der Waals surface area contributed by atoms with Gasteiger partial charge < -0.3 is 14.4 Å². The van der Waals surface area contributed by atoms with Gasteiger partial charge in [0.1, 0.15) is 23.0 Å². The molecule has 2 aliphatic heterocycles. The van der Waals surface area contributed by atoms with Gasteiger partial charge in [-0.15, -0.1) is 0 Å². The van der Waals surface area contributed by atoms with Crippen molar-refractivity contribution in [2.75, 3.05) is 19.1 Å². The average molecular weight is 576 g/mol. The fourth-order valence-electron chi connectivity index (χ4n) is 7.10. The molecule has 42 heavy (non-hydrogen) atoms. The van der Waals surface area contributed by atoms with Crippen molar-refractivity contribution in [3.8, 4) is 11.5 Å².